The second kappa shape index (κ2) is 15.9. The van der Waals surface area contributed by atoms with Gasteiger partial charge in [0, 0.05) is 27.7 Å². The van der Waals surface area contributed by atoms with Crippen LogP contribution in [-0.2, 0) is 0 Å². The molecular formula is C50H45N3. The zero-order valence-electron chi connectivity index (χ0n) is 31.1. The van der Waals surface area contributed by atoms with Crippen molar-refractivity contribution in [2.24, 2.45) is 9.98 Å². The monoisotopic (exact) mass is 687 g/mol. The first-order valence-corrected chi connectivity index (χ1v) is 18.3. The number of para-hydroxylation sites is 2. The van der Waals surface area contributed by atoms with Gasteiger partial charge in [-0.25, -0.2) is 9.98 Å². The molecule has 0 saturated carbocycles. The van der Waals surface area contributed by atoms with Gasteiger partial charge in [0.25, 0.3) is 0 Å². The molecule has 1 aromatic heterocycles. The Morgan fingerprint density at radius 1 is 0.585 bits per heavy atom. The molecule has 0 unspecified atom stereocenters. The van der Waals surface area contributed by atoms with Crippen LogP contribution in [0.25, 0.3) is 44.3 Å². The molecule has 6 aromatic carbocycles. The van der Waals surface area contributed by atoms with E-state index in [2.05, 4.69) is 153 Å². The number of benzene rings is 6. The van der Waals surface area contributed by atoms with Gasteiger partial charge in [0.15, 0.2) is 5.84 Å². The van der Waals surface area contributed by atoms with Gasteiger partial charge in [-0.15, -0.1) is 0 Å². The lowest BCUT2D eigenvalue weighted by atomic mass is 9.96. The van der Waals surface area contributed by atoms with Crippen molar-refractivity contribution in [3.8, 4) is 16.8 Å². The summed E-state index contributed by atoms with van der Waals surface area (Å²) in [5.74, 6) is 0.694. The quantitative estimate of drug-likeness (QED) is 0.123. The number of hydrogen-bond donors (Lipinski definition) is 0. The van der Waals surface area contributed by atoms with E-state index in [9.17, 15) is 0 Å². The molecule has 0 spiro atoms. The van der Waals surface area contributed by atoms with Gasteiger partial charge in [-0.2, -0.15) is 0 Å². The van der Waals surface area contributed by atoms with Crippen LogP contribution in [0.4, 0.5) is 0 Å². The van der Waals surface area contributed by atoms with Gasteiger partial charge in [-0.3, -0.25) is 0 Å². The van der Waals surface area contributed by atoms with Crippen LogP contribution in [0.2, 0.25) is 0 Å². The minimum absolute atomic E-state index is 0.694. The number of aliphatic imine (C=N–C) groups is 2. The first-order valence-electron chi connectivity index (χ1n) is 18.3. The molecule has 0 aliphatic heterocycles. The minimum Gasteiger partial charge on any atom is -0.309 e. The Morgan fingerprint density at radius 2 is 1.23 bits per heavy atom. The van der Waals surface area contributed by atoms with Gasteiger partial charge in [-0.05, 0) is 104 Å². The predicted molar refractivity (Wildman–Crippen MR) is 228 cm³/mol. The molecule has 1 aliphatic rings. The van der Waals surface area contributed by atoms with E-state index in [-0.39, 0.29) is 0 Å². The fraction of sp³-hybridized carbons (Fsp3) is 0.120. The molecule has 3 nitrogen and oxygen atoms in total. The molecule has 0 atom stereocenters. The standard InChI is InChI=1S/C26H21N.C24H24N2/c1-18-9-3-4-10-21(18)24-17-20(16-15-19(24)2)27-25-13-7-5-11-22(25)23-12-6-8-14-26(23)27;1-18-11-10-16-23(17-18)24(25-19(2)21-12-6-4-7-13-21)26-20(3)22-14-8-5-9-15-22/h3-17H,1-2H3;4,6-8,10-17H,2,5,9H2,1,3H3. The van der Waals surface area contributed by atoms with E-state index >= 15 is 0 Å². The summed E-state index contributed by atoms with van der Waals surface area (Å²) in [6, 6.07) is 51.0. The van der Waals surface area contributed by atoms with E-state index < -0.39 is 0 Å². The Labute approximate surface area is 313 Å². The fourth-order valence-electron chi connectivity index (χ4n) is 6.98. The van der Waals surface area contributed by atoms with Crippen molar-refractivity contribution in [1.82, 2.24) is 4.57 Å². The summed E-state index contributed by atoms with van der Waals surface area (Å²) in [7, 11) is 0. The number of allylic oxidation sites excluding steroid dienone is 4. The third-order valence-electron chi connectivity index (χ3n) is 9.81. The highest BCUT2D eigenvalue weighted by atomic mass is 15.0. The van der Waals surface area contributed by atoms with Crippen molar-refractivity contribution in [2.75, 3.05) is 0 Å². The van der Waals surface area contributed by atoms with Crippen LogP contribution in [0.1, 0.15) is 47.6 Å². The molecule has 0 bridgehead atoms. The smallest absolute Gasteiger partial charge is 0.160 e. The number of aryl methyl sites for hydroxylation is 3. The third kappa shape index (κ3) is 7.80. The first kappa shape index (κ1) is 35.1. The van der Waals surface area contributed by atoms with Crippen LogP contribution in [0.5, 0.6) is 0 Å². The van der Waals surface area contributed by atoms with Crippen molar-refractivity contribution in [3.05, 3.63) is 204 Å². The molecule has 1 heterocycles. The molecular weight excluding hydrogens is 643 g/mol. The van der Waals surface area contributed by atoms with E-state index in [0.717, 1.165) is 29.7 Å². The topological polar surface area (TPSA) is 29.6 Å². The molecule has 1 aliphatic carbocycles. The summed E-state index contributed by atoms with van der Waals surface area (Å²) < 4.78 is 2.38. The van der Waals surface area contributed by atoms with Crippen molar-refractivity contribution in [1.29, 1.82) is 0 Å². The van der Waals surface area contributed by atoms with E-state index in [1.54, 1.807) is 0 Å². The van der Waals surface area contributed by atoms with Gasteiger partial charge in [0.2, 0.25) is 0 Å². The summed E-state index contributed by atoms with van der Waals surface area (Å²) >= 11 is 0. The molecule has 7 aromatic rings. The van der Waals surface area contributed by atoms with Gasteiger partial charge in [0.05, 0.1) is 16.7 Å². The average molecular weight is 688 g/mol. The number of rotatable bonds is 6. The van der Waals surface area contributed by atoms with E-state index in [1.165, 1.54) is 60.9 Å². The van der Waals surface area contributed by atoms with Crippen LogP contribution < -0.4 is 0 Å². The summed E-state index contributed by atoms with van der Waals surface area (Å²) in [4.78, 5) is 9.64. The van der Waals surface area contributed by atoms with Crippen molar-refractivity contribution < 1.29 is 0 Å². The van der Waals surface area contributed by atoms with E-state index in [1.807, 2.05) is 49.4 Å². The number of nitrogens with zero attached hydrogens (tertiary/aromatic N) is 3. The highest BCUT2D eigenvalue weighted by molar-refractivity contribution is 6.13. The summed E-state index contributed by atoms with van der Waals surface area (Å²) in [6.07, 6.45) is 8.73. The maximum Gasteiger partial charge on any atom is 0.160 e. The van der Waals surface area contributed by atoms with Gasteiger partial charge >= 0.3 is 0 Å². The largest absolute Gasteiger partial charge is 0.309 e. The molecule has 0 saturated heterocycles. The lowest BCUT2D eigenvalue weighted by molar-refractivity contribution is 1.03. The number of amidine groups is 1. The average Bonchev–Trinajstić information content (AvgIpc) is 3.53. The molecule has 53 heavy (non-hydrogen) atoms. The second-order valence-corrected chi connectivity index (χ2v) is 13.6. The van der Waals surface area contributed by atoms with Crippen molar-refractivity contribution in [2.45, 2.75) is 40.5 Å². The molecule has 0 fully saturated rings. The number of hydrogen-bond acceptors (Lipinski definition) is 1. The summed E-state index contributed by atoms with van der Waals surface area (Å²) in [5.41, 5.74) is 15.0. The van der Waals surface area contributed by atoms with Crippen LogP contribution >= 0.6 is 0 Å². The van der Waals surface area contributed by atoms with Gasteiger partial charge in [0.1, 0.15) is 0 Å². The maximum absolute atomic E-state index is 4.86. The van der Waals surface area contributed by atoms with Crippen molar-refractivity contribution in [3.63, 3.8) is 0 Å². The third-order valence-corrected chi connectivity index (χ3v) is 9.81. The molecule has 0 amide bonds. The van der Waals surface area contributed by atoms with Crippen LogP contribution in [0, 0.1) is 20.8 Å². The SMILES string of the molecule is C=C(N=C(N=C(C)C1=CCCC=C1)c1cccc(C)c1)c1ccccc1.Cc1ccccc1-c1cc(-n2c3ccccc3c3ccccc32)ccc1C. The summed E-state index contributed by atoms with van der Waals surface area (Å²) in [6.45, 7) is 12.6. The molecule has 0 N–H and O–H groups in total. The zero-order valence-corrected chi connectivity index (χ0v) is 31.1. The van der Waals surface area contributed by atoms with E-state index in [4.69, 9.17) is 9.98 Å². The van der Waals surface area contributed by atoms with Crippen LogP contribution in [0.3, 0.4) is 0 Å². The van der Waals surface area contributed by atoms with Gasteiger partial charge < -0.3 is 4.57 Å². The van der Waals surface area contributed by atoms with Crippen LogP contribution in [0.15, 0.2) is 186 Å². The minimum atomic E-state index is 0.694. The number of aromatic nitrogens is 1. The summed E-state index contributed by atoms with van der Waals surface area (Å²) in [5, 5.41) is 2.59. The van der Waals surface area contributed by atoms with Crippen LogP contribution in [-0.4, -0.2) is 16.1 Å². The highest BCUT2D eigenvalue weighted by Gasteiger charge is 2.14. The zero-order chi connectivity index (χ0) is 36.7. The Morgan fingerprint density at radius 3 is 1.91 bits per heavy atom. The number of fused-ring (bicyclic) bond motifs is 3. The Hall–Kier alpha value is -6.32. The fourth-order valence-corrected chi connectivity index (χ4v) is 6.98. The Kier molecular flexibility index (Phi) is 10.5. The first-order chi connectivity index (χ1) is 25.9. The second-order valence-electron chi connectivity index (χ2n) is 13.6. The molecule has 0 radical (unpaired) electrons. The lowest BCUT2D eigenvalue weighted by Crippen LogP contribution is -2.05. The lowest BCUT2D eigenvalue weighted by Gasteiger charge is -2.14. The van der Waals surface area contributed by atoms with Crippen molar-refractivity contribution >= 4 is 39.1 Å². The Bertz CT molecular complexity index is 2500. The molecule has 3 heteroatoms. The Balaban J connectivity index is 0.000000164. The maximum atomic E-state index is 4.86. The van der Waals surface area contributed by atoms with Gasteiger partial charge in [-0.1, -0.05) is 146 Å². The van der Waals surface area contributed by atoms with E-state index in [0.29, 0.717) is 11.5 Å². The molecule has 8 rings (SSSR count). The predicted octanol–water partition coefficient (Wildman–Crippen LogP) is 13.2. The highest BCUT2D eigenvalue weighted by Crippen LogP contribution is 2.34. The molecule has 260 valence electrons. The normalized spacial score (nSPS) is 13.1.